The van der Waals surface area contributed by atoms with Crippen LogP contribution in [0.25, 0.3) is 11.3 Å². The van der Waals surface area contributed by atoms with E-state index in [0.29, 0.717) is 29.6 Å². The summed E-state index contributed by atoms with van der Waals surface area (Å²) < 4.78 is 5.17. The lowest BCUT2D eigenvalue weighted by atomic mass is 10.1. The minimum atomic E-state index is -0.370. The molecule has 1 aromatic heterocycles. The van der Waals surface area contributed by atoms with Crippen LogP contribution in [0.4, 0.5) is 17.5 Å². The van der Waals surface area contributed by atoms with Gasteiger partial charge in [-0.3, -0.25) is 0 Å². The van der Waals surface area contributed by atoms with Gasteiger partial charge < -0.3 is 15.4 Å². The Kier molecular flexibility index (Phi) is 6.79. The predicted molar refractivity (Wildman–Crippen MR) is 117 cm³/mol. The Morgan fingerprint density at radius 3 is 2.48 bits per heavy atom. The van der Waals surface area contributed by atoms with E-state index in [2.05, 4.69) is 34.4 Å². The Hall–Kier alpha value is -3.41. The van der Waals surface area contributed by atoms with E-state index in [1.165, 1.54) is 0 Å². The number of ether oxygens (including phenoxy) is 1. The van der Waals surface area contributed by atoms with Crippen LogP contribution < -0.4 is 10.6 Å². The predicted octanol–water partition coefficient (Wildman–Crippen LogP) is 5.27. The van der Waals surface area contributed by atoms with E-state index in [1.807, 2.05) is 54.6 Å². The highest BCUT2D eigenvalue weighted by Crippen LogP contribution is 2.26. The Morgan fingerprint density at radius 1 is 1.03 bits per heavy atom. The van der Waals surface area contributed by atoms with Crippen LogP contribution in [0, 0.1) is 0 Å². The normalized spacial score (nSPS) is 11.6. The number of para-hydroxylation sites is 1. The Morgan fingerprint density at radius 2 is 1.76 bits per heavy atom. The van der Waals surface area contributed by atoms with Gasteiger partial charge in [0.25, 0.3) is 0 Å². The lowest BCUT2D eigenvalue weighted by Crippen LogP contribution is -2.16. The molecule has 0 aliphatic rings. The van der Waals surface area contributed by atoms with Crippen molar-refractivity contribution in [2.45, 2.75) is 33.2 Å². The van der Waals surface area contributed by atoms with Crippen molar-refractivity contribution in [3.8, 4) is 11.3 Å². The van der Waals surface area contributed by atoms with E-state index in [0.717, 1.165) is 17.7 Å². The number of hydrogen-bond donors (Lipinski definition) is 2. The summed E-state index contributed by atoms with van der Waals surface area (Å²) in [5.41, 5.74) is 2.88. The average Bonchev–Trinajstić information content (AvgIpc) is 2.74. The molecule has 0 aliphatic heterocycles. The number of nitrogens with one attached hydrogen (secondary N) is 2. The van der Waals surface area contributed by atoms with E-state index in [9.17, 15) is 4.79 Å². The monoisotopic (exact) mass is 390 g/mol. The molecule has 0 aliphatic carbocycles. The van der Waals surface area contributed by atoms with Crippen molar-refractivity contribution in [3.05, 3.63) is 66.2 Å². The number of benzene rings is 2. The van der Waals surface area contributed by atoms with Crippen molar-refractivity contribution in [3.63, 3.8) is 0 Å². The van der Waals surface area contributed by atoms with E-state index in [4.69, 9.17) is 4.74 Å². The van der Waals surface area contributed by atoms with Gasteiger partial charge in [-0.25, -0.2) is 9.78 Å². The SMILES string of the molecule is CCOC(=O)c1ccccc1Nc1cc(-c2ccccc2)nc(NC(C)CC)n1. The number of carbonyl (C=O) groups is 1. The fourth-order valence-electron chi connectivity index (χ4n) is 2.77. The van der Waals surface area contributed by atoms with E-state index in [1.54, 1.807) is 13.0 Å². The summed E-state index contributed by atoms with van der Waals surface area (Å²) in [7, 11) is 0. The standard InChI is InChI=1S/C23H26N4O2/c1-4-16(3)24-23-26-20(17-11-7-6-8-12-17)15-21(27-23)25-19-14-10-9-13-18(19)22(28)29-5-2/h6-16H,4-5H2,1-3H3,(H2,24,25,26,27). The summed E-state index contributed by atoms with van der Waals surface area (Å²) >= 11 is 0. The summed E-state index contributed by atoms with van der Waals surface area (Å²) in [5, 5.41) is 6.59. The quantitative estimate of drug-likeness (QED) is 0.510. The van der Waals surface area contributed by atoms with Crippen LogP contribution in [0.1, 0.15) is 37.6 Å². The maximum atomic E-state index is 12.3. The number of nitrogens with zero attached hydrogens (tertiary/aromatic N) is 2. The van der Waals surface area contributed by atoms with Gasteiger partial charge in [-0.2, -0.15) is 4.98 Å². The average molecular weight is 390 g/mol. The highest BCUT2D eigenvalue weighted by Gasteiger charge is 2.14. The molecule has 2 N–H and O–H groups in total. The molecule has 3 aromatic rings. The molecule has 6 nitrogen and oxygen atoms in total. The molecule has 1 unspecified atom stereocenters. The lowest BCUT2D eigenvalue weighted by Gasteiger charge is -2.15. The molecule has 1 atom stereocenters. The maximum absolute atomic E-state index is 12.3. The topological polar surface area (TPSA) is 76.1 Å². The molecule has 6 heteroatoms. The fraction of sp³-hybridized carbons (Fsp3) is 0.261. The molecule has 2 aromatic carbocycles. The van der Waals surface area contributed by atoms with Crippen molar-refractivity contribution >= 4 is 23.4 Å². The second-order valence-corrected chi connectivity index (χ2v) is 6.67. The van der Waals surface area contributed by atoms with Crippen LogP contribution in [0.3, 0.4) is 0 Å². The highest BCUT2D eigenvalue weighted by atomic mass is 16.5. The van der Waals surface area contributed by atoms with Gasteiger partial charge in [-0.1, -0.05) is 49.4 Å². The molecule has 0 amide bonds. The molecule has 0 saturated heterocycles. The van der Waals surface area contributed by atoms with Crippen molar-refractivity contribution in [2.24, 2.45) is 0 Å². The number of aromatic nitrogens is 2. The third-order valence-electron chi connectivity index (χ3n) is 4.47. The first-order valence-electron chi connectivity index (χ1n) is 9.85. The summed E-state index contributed by atoms with van der Waals surface area (Å²) in [5.74, 6) is 0.768. The second-order valence-electron chi connectivity index (χ2n) is 6.67. The third kappa shape index (κ3) is 5.31. The molecule has 0 spiro atoms. The Balaban J connectivity index is 1.99. The Labute approximate surface area is 171 Å². The van der Waals surface area contributed by atoms with Crippen molar-refractivity contribution in [2.75, 3.05) is 17.2 Å². The summed E-state index contributed by atoms with van der Waals surface area (Å²) in [6, 6.07) is 19.3. The van der Waals surface area contributed by atoms with Gasteiger partial charge in [0, 0.05) is 17.7 Å². The van der Waals surface area contributed by atoms with Crippen molar-refractivity contribution in [1.82, 2.24) is 9.97 Å². The van der Waals surface area contributed by atoms with Gasteiger partial charge in [0.1, 0.15) is 5.82 Å². The zero-order valence-electron chi connectivity index (χ0n) is 17.0. The van der Waals surface area contributed by atoms with Crippen LogP contribution >= 0.6 is 0 Å². The smallest absolute Gasteiger partial charge is 0.340 e. The zero-order chi connectivity index (χ0) is 20.6. The van der Waals surface area contributed by atoms with E-state index in [-0.39, 0.29) is 12.0 Å². The van der Waals surface area contributed by atoms with Crippen LogP contribution in [-0.2, 0) is 4.74 Å². The molecule has 0 bridgehead atoms. The minimum absolute atomic E-state index is 0.237. The first kappa shape index (κ1) is 20.3. The number of carbonyl (C=O) groups excluding carboxylic acids is 1. The van der Waals surface area contributed by atoms with Gasteiger partial charge in [0.2, 0.25) is 5.95 Å². The summed E-state index contributed by atoms with van der Waals surface area (Å²) in [6.07, 6.45) is 0.952. The van der Waals surface area contributed by atoms with Crippen LogP contribution in [-0.4, -0.2) is 28.6 Å². The molecule has 0 fully saturated rings. The van der Waals surface area contributed by atoms with Crippen molar-refractivity contribution in [1.29, 1.82) is 0 Å². The molecule has 0 radical (unpaired) electrons. The number of esters is 1. The zero-order valence-corrected chi connectivity index (χ0v) is 17.0. The fourth-order valence-corrected chi connectivity index (χ4v) is 2.77. The van der Waals surface area contributed by atoms with Crippen LogP contribution in [0.5, 0.6) is 0 Å². The molecular weight excluding hydrogens is 364 g/mol. The minimum Gasteiger partial charge on any atom is -0.462 e. The third-order valence-corrected chi connectivity index (χ3v) is 4.47. The number of hydrogen-bond acceptors (Lipinski definition) is 6. The van der Waals surface area contributed by atoms with Crippen LogP contribution in [0.15, 0.2) is 60.7 Å². The molecule has 3 rings (SSSR count). The number of anilines is 3. The van der Waals surface area contributed by atoms with Gasteiger partial charge in [-0.05, 0) is 32.4 Å². The summed E-state index contributed by atoms with van der Waals surface area (Å²) in [4.78, 5) is 21.6. The van der Waals surface area contributed by atoms with E-state index >= 15 is 0 Å². The molecule has 1 heterocycles. The van der Waals surface area contributed by atoms with Crippen molar-refractivity contribution < 1.29 is 9.53 Å². The lowest BCUT2D eigenvalue weighted by molar-refractivity contribution is 0.0527. The van der Waals surface area contributed by atoms with E-state index < -0.39 is 0 Å². The first-order valence-corrected chi connectivity index (χ1v) is 9.85. The molecule has 29 heavy (non-hydrogen) atoms. The first-order chi connectivity index (χ1) is 14.1. The summed E-state index contributed by atoms with van der Waals surface area (Å²) in [6.45, 7) is 6.30. The van der Waals surface area contributed by atoms with Gasteiger partial charge >= 0.3 is 5.97 Å². The maximum Gasteiger partial charge on any atom is 0.340 e. The van der Waals surface area contributed by atoms with Gasteiger partial charge in [-0.15, -0.1) is 0 Å². The molecule has 150 valence electrons. The van der Waals surface area contributed by atoms with Gasteiger partial charge in [0.15, 0.2) is 0 Å². The highest BCUT2D eigenvalue weighted by molar-refractivity contribution is 5.96. The van der Waals surface area contributed by atoms with Crippen LogP contribution in [0.2, 0.25) is 0 Å². The Bertz CT molecular complexity index is 960. The second kappa shape index (κ2) is 9.68. The number of rotatable bonds is 8. The van der Waals surface area contributed by atoms with Gasteiger partial charge in [0.05, 0.1) is 23.6 Å². The largest absolute Gasteiger partial charge is 0.462 e. The molecule has 0 saturated carbocycles. The molecular formula is C23H26N4O2.